The van der Waals surface area contributed by atoms with Crippen molar-refractivity contribution in [1.82, 2.24) is 0 Å². The molecule has 0 radical (unpaired) electrons. The number of hydrogen-bond donors (Lipinski definition) is 0. The third kappa shape index (κ3) is 0.897. The van der Waals surface area contributed by atoms with Gasteiger partial charge in [0, 0.05) is 5.56 Å². The molecule has 0 fully saturated rings. The van der Waals surface area contributed by atoms with Crippen molar-refractivity contribution < 1.29 is 4.42 Å². The summed E-state index contributed by atoms with van der Waals surface area (Å²) < 4.78 is 4.85. The van der Waals surface area contributed by atoms with Crippen LogP contribution in [0.2, 0.25) is 0 Å². The van der Waals surface area contributed by atoms with Crippen LogP contribution in [-0.4, -0.2) is 0 Å². The van der Waals surface area contributed by atoms with Crippen LogP contribution in [0.4, 0.5) is 0 Å². The molecule has 0 atom stereocenters. The van der Waals surface area contributed by atoms with Crippen LogP contribution in [0.1, 0.15) is 23.1 Å². The lowest BCUT2D eigenvalue weighted by molar-refractivity contribution is 0.498. The Labute approximate surface area is 64.9 Å². The normalized spacial score (nSPS) is 15.0. The monoisotopic (exact) mass is 150 g/mol. The zero-order valence-corrected chi connectivity index (χ0v) is 6.52. The van der Waals surface area contributed by atoms with E-state index >= 15 is 0 Å². The van der Waals surface area contributed by atoms with Gasteiger partial charge in [-0.15, -0.1) is 0 Å². The maximum absolute atomic E-state index is 11.1. The van der Waals surface area contributed by atoms with Gasteiger partial charge in [-0.3, -0.25) is 0 Å². The summed E-state index contributed by atoms with van der Waals surface area (Å²) in [7, 11) is 0. The molecule has 0 saturated heterocycles. The average molecular weight is 150 g/mol. The van der Waals surface area contributed by atoms with Crippen molar-refractivity contribution >= 4 is 0 Å². The molecule has 0 unspecified atom stereocenters. The molecule has 2 rings (SSSR count). The predicted octanol–water partition coefficient (Wildman–Crippen LogP) is 1.44. The van der Waals surface area contributed by atoms with Crippen LogP contribution in [0.25, 0.3) is 0 Å². The third-order valence-electron chi connectivity index (χ3n) is 2.28. The predicted molar refractivity (Wildman–Crippen MR) is 41.7 cm³/mol. The van der Waals surface area contributed by atoms with Gasteiger partial charge in [0.15, 0.2) is 0 Å². The Balaban J connectivity index is 2.74. The lowest BCUT2D eigenvalue weighted by Gasteiger charge is -1.98. The topological polar surface area (TPSA) is 30.2 Å². The fourth-order valence-electron chi connectivity index (χ4n) is 1.69. The molecule has 0 bridgehead atoms. The van der Waals surface area contributed by atoms with E-state index in [4.69, 9.17) is 4.42 Å². The van der Waals surface area contributed by atoms with Crippen LogP contribution in [0.5, 0.6) is 0 Å². The maximum Gasteiger partial charge on any atom is 0.339 e. The highest BCUT2D eigenvalue weighted by molar-refractivity contribution is 5.33. The summed E-state index contributed by atoms with van der Waals surface area (Å²) >= 11 is 0. The Kier molecular flexibility index (Phi) is 1.34. The van der Waals surface area contributed by atoms with E-state index in [2.05, 4.69) is 0 Å². The van der Waals surface area contributed by atoms with E-state index in [1.165, 1.54) is 5.56 Å². The summed E-state index contributed by atoms with van der Waals surface area (Å²) in [5.74, 6) is 0. The van der Waals surface area contributed by atoms with Gasteiger partial charge >= 0.3 is 5.63 Å². The average Bonchev–Trinajstić information content (AvgIpc) is 2.45. The van der Waals surface area contributed by atoms with Gasteiger partial charge in [-0.2, -0.15) is 0 Å². The lowest BCUT2D eigenvalue weighted by atomic mass is 10.1. The minimum atomic E-state index is -0.136. The molecule has 2 heteroatoms. The number of rotatable bonds is 0. The quantitative estimate of drug-likeness (QED) is 0.560. The molecule has 1 heterocycles. The molecule has 0 aliphatic heterocycles. The number of fused-ring (bicyclic) bond motifs is 1. The first-order chi connectivity index (χ1) is 5.29. The fourth-order valence-corrected chi connectivity index (χ4v) is 1.69. The van der Waals surface area contributed by atoms with Crippen molar-refractivity contribution in [3.05, 3.63) is 33.4 Å². The van der Waals surface area contributed by atoms with E-state index in [9.17, 15) is 4.79 Å². The smallest absolute Gasteiger partial charge is 0.339 e. The Hall–Kier alpha value is -1.05. The van der Waals surface area contributed by atoms with Crippen LogP contribution in [-0.2, 0) is 12.8 Å². The Bertz CT molecular complexity index is 336. The Morgan fingerprint density at radius 1 is 1.36 bits per heavy atom. The van der Waals surface area contributed by atoms with E-state index in [-0.39, 0.29) is 5.63 Å². The third-order valence-corrected chi connectivity index (χ3v) is 2.28. The van der Waals surface area contributed by atoms with Gasteiger partial charge in [-0.05, 0) is 37.3 Å². The van der Waals surface area contributed by atoms with Gasteiger partial charge in [0.25, 0.3) is 0 Å². The van der Waals surface area contributed by atoms with Crippen LogP contribution in [0.3, 0.4) is 0 Å². The van der Waals surface area contributed by atoms with Gasteiger partial charge in [0.05, 0.1) is 6.26 Å². The van der Waals surface area contributed by atoms with Gasteiger partial charge < -0.3 is 4.42 Å². The molecular formula is C9H10O2. The zero-order valence-electron chi connectivity index (χ0n) is 6.52. The van der Waals surface area contributed by atoms with Gasteiger partial charge in [-0.1, -0.05) is 0 Å². The van der Waals surface area contributed by atoms with Crippen molar-refractivity contribution in [1.29, 1.82) is 0 Å². The molecule has 0 N–H and O–H groups in total. The van der Waals surface area contributed by atoms with Crippen LogP contribution < -0.4 is 5.63 Å². The SMILES string of the molecule is Cc1coc(=O)c2c1CCC2. The van der Waals surface area contributed by atoms with E-state index in [0.29, 0.717) is 0 Å². The van der Waals surface area contributed by atoms with Crippen LogP contribution >= 0.6 is 0 Å². The number of hydrogen-bond acceptors (Lipinski definition) is 2. The first-order valence-corrected chi connectivity index (χ1v) is 3.89. The van der Waals surface area contributed by atoms with E-state index in [1.54, 1.807) is 6.26 Å². The second kappa shape index (κ2) is 2.22. The molecule has 1 aromatic rings. The molecular weight excluding hydrogens is 140 g/mol. The molecule has 1 aliphatic rings. The van der Waals surface area contributed by atoms with Crippen molar-refractivity contribution in [3.8, 4) is 0 Å². The zero-order chi connectivity index (χ0) is 7.84. The maximum atomic E-state index is 11.1. The molecule has 11 heavy (non-hydrogen) atoms. The lowest BCUT2D eigenvalue weighted by Crippen LogP contribution is -2.06. The summed E-state index contributed by atoms with van der Waals surface area (Å²) in [5, 5.41) is 0. The Morgan fingerprint density at radius 3 is 2.82 bits per heavy atom. The summed E-state index contributed by atoms with van der Waals surface area (Å²) in [4.78, 5) is 11.1. The second-order valence-electron chi connectivity index (χ2n) is 3.02. The summed E-state index contributed by atoms with van der Waals surface area (Å²) in [6, 6.07) is 0. The van der Waals surface area contributed by atoms with Crippen molar-refractivity contribution in [2.75, 3.05) is 0 Å². The van der Waals surface area contributed by atoms with Crippen molar-refractivity contribution in [2.45, 2.75) is 26.2 Å². The Morgan fingerprint density at radius 2 is 2.09 bits per heavy atom. The molecule has 1 aromatic heterocycles. The molecule has 2 nitrogen and oxygen atoms in total. The van der Waals surface area contributed by atoms with Crippen LogP contribution in [0, 0.1) is 6.92 Å². The van der Waals surface area contributed by atoms with Gasteiger partial charge in [0.2, 0.25) is 0 Å². The second-order valence-corrected chi connectivity index (χ2v) is 3.02. The molecule has 0 amide bonds. The highest BCUT2D eigenvalue weighted by Crippen LogP contribution is 2.21. The largest absolute Gasteiger partial charge is 0.431 e. The highest BCUT2D eigenvalue weighted by atomic mass is 16.4. The molecule has 58 valence electrons. The highest BCUT2D eigenvalue weighted by Gasteiger charge is 2.16. The van der Waals surface area contributed by atoms with Gasteiger partial charge in [0.1, 0.15) is 0 Å². The van der Waals surface area contributed by atoms with E-state index < -0.39 is 0 Å². The van der Waals surface area contributed by atoms with Crippen molar-refractivity contribution in [3.63, 3.8) is 0 Å². The van der Waals surface area contributed by atoms with Crippen molar-refractivity contribution in [2.24, 2.45) is 0 Å². The molecule has 0 spiro atoms. The molecule has 1 aliphatic carbocycles. The van der Waals surface area contributed by atoms with E-state index in [1.807, 2.05) is 6.92 Å². The first kappa shape index (κ1) is 6.65. The fraction of sp³-hybridized carbons (Fsp3) is 0.444. The molecule has 0 aromatic carbocycles. The first-order valence-electron chi connectivity index (χ1n) is 3.89. The minimum absolute atomic E-state index is 0.136. The number of aryl methyl sites for hydroxylation is 1. The van der Waals surface area contributed by atoms with E-state index in [0.717, 1.165) is 30.4 Å². The van der Waals surface area contributed by atoms with Gasteiger partial charge in [-0.25, -0.2) is 4.79 Å². The molecule has 0 saturated carbocycles. The summed E-state index contributed by atoms with van der Waals surface area (Å²) in [6.07, 6.45) is 4.61. The summed E-state index contributed by atoms with van der Waals surface area (Å²) in [6.45, 7) is 1.99. The standard InChI is InChI=1S/C9H10O2/c1-6-5-11-9(10)8-4-2-3-7(6)8/h5H,2-4H2,1H3. The minimum Gasteiger partial charge on any atom is -0.431 e. The van der Waals surface area contributed by atoms with Crippen LogP contribution in [0.15, 0.2) is 15.5 Å². The summed E-state index contributed by atoms with van der Waals surface area (Å²) in [5.41, 5.74) is 3.12.